The van der Waals surface area contributed by atoms with Crippen molar-refractivity contribution >= 4 is 0 Å². The van der Waals surface area contributed by atoms with Crippen molar-refractivity contribution in [1.29, 1.82) is 0 Å². The van der Waals surface area contributed by atoms with E-state index in [4.69, 9.17) is 0 Å². The fourth-order valence-electron chi connectivity index (χ4n) is 1.46. The lowest BCUT2D eigenvalue weighted by molar-refractivity contribution is 0.451. The summed E-state index contributed by atoms with van der Waals surface area (Å²) in [6, 6.07) is 8.46. The Hall–Kier alpha value is -2.30. The van der Waals surface area contributed by atoms with Gasteiger partial charge in [-0.05, 0) is 12.1 Å². The second kappa shape index (κ2) is 3.69. The smallest absolute Gasteiger partial charge is 0.335 e. The third-order valence-electron chi connectivity index (χ3n) is 2.25. The summed E-state index contributed by atoms with van der Waals surface area (Å²) < 4.78 is 2.08. The maximum Gasteiger partial charge on any atom is 0.335 e. The van der Waals surface area contributed by atoms with Gasteiger partial charge in [-0.25, -0.2) is 9.36 Å². The van der Waals surface area contributed by atoms with Gasteiger partial charge in [0, 0.05) is 7.05 Å². The number of hydrogen-bond donors (Lipinski definition) is 1. The van der Waals surface area contributed by atoms with Crippen molar-refractivity contribution in [3.63, 3.8) is 0 Å². The first-order valence-electron chi connectivity index (χ1n) is 4.68. The lowest BCUT2D eigenvalue weighted by atomic mass is 10.3. The Kier molecular flexibility index (Phi) is 2.36. The van der Waals surface area contributed by atoms with Crippen LogP contribution in [0.1, 0.15) is 0 Å². The first kappa shape index (κ1) is 10.2. The third kappa shape index (κ3) is 1.52. The minimum atomic E-state index is -0.714. The van der Waals surface area contributed by atoms with Crippen molar-refractivity contribution in [2.45, 2.75) is 0 Å². The quantitative estimate of drug-likeness (QED) is 0.745. The van der Waals surface area contributed by atoms with Gasteiger partial charge in [-0.15, -0.1) is 0 Å². The van der Waals surface area contributed by atoms with Crippen molar-refractivity contribution in [3.8, 4) is 11.4 Å². The van der Waals surface area contributed by atoms with Crippen LogP contribution in [0.15, 0.2) is 46.1 Å². The Morgan fingerprint density at radius 2 is 1.75 bits per heavy atom. The topological polar surface area (TPSA) is 64.2 Å². The predicted octanol–water partition coefficient (Wildman–Crippen LogP) is 0.242. The fraction of sp³-hybridized carbons (Fsp3) is 0.0909. The zero-order valence-electron chi connectivity index (χ0n) is 8.62. The number of rotatable bonds is 1. The Balaban J connectivity index is 2.85. The van der Waals surface area contributed by atoms with Gasteiger partial charge in [0.15, 0.2) is 5.75 Å². The Morgan fingerprint density at radius 1 is 1.12 bits per heavy atom. The Bertz CT molecular complexity index is 592. The van der Waals surface area contributed by atoms with Gasteiger partial charge in [-0.1, -0.05) is 18.2 Å². The SMILES string of the molecule is Cn1cc(O)c(=O)n(-c2ccccc2)c1=O. The van der Waals surface area contributed by atoms with Crippen LogP contribution in [-0.4, -0.2) is 14.2 Å². The van der Waals surface area contributed by atoms with Crippen LogP contribution in [0.4, 0.5) is 0 Å². The van der Waals surface area contributed by atoms with Gasteiger partial charge >= 0.3 is 11.2 Å². The molecule has 1 aromatic heterocycles. The van der Waals surface area contributed by atoms with Crippen molar-refractivity contribution in [2.24, 2.45) is 7.05 Å². The molecule has 82 valence electrons. The summed E-state index contributed by atoms with van der Waals surface area (Å²) in [7, 11) is 1.47. The molecule has 0 aliphatic heterocycles. The first-order valence-corrected chi connectivity index (χ1v) is 4.68. The van der Waals surface area contributed by atoms with E-state index in [1.165, 1.54) is 7.05 Å². The molecule has 0 fully saturated rings. The van der Waals surface area contributed by atoms with Crippen molar-refractivity contribution in [3.05, 3.63) is 57.4 Å². The molecule has 0 unspecified atom stereocenters. The normalized spacial score (nSPS) is 10.3. The molecule has 0 atom stereocenters. The molecule has 0 spiro atoms. The molecule has 1 aromatic carbocycles. The van der Waals surface area contributed by atoms with Gasteiger partial charge in [0.05, 0.1) is 11.9 Å². The molecule has 5 heteroatoms. The molecule has 1 heterocycles. The summed E-state index contributed by atoms with van der Waals surface area (Å²) in [6.07, 6.45) is 1.10. The van der Waals surface area contributed by atoms with Crippen molar-refractivity contribution < 1.29 is 5.11 Å². The molecule has 0 aliphatic rings. The number of benzene rings is 1. The van der Waals surface area contributed by atoms with Crippen molar-refractivity contribution in [2.75, 3.05) is 0 Å². The molecule has 2 rings (SSSR count). The minimum absolute atomic E-state index is 0.434. The summed E-state index contributed by atoms with van der Waals surface area (Å²) in [5, 5.41) is 9.37. The molecule has 0 saturated carbocycles. The lowest BCUT2D eigenvalue weighted by Gasteiger charge is -2.07. The number of aromatic hydroxyl groups is 1. The van der Waals surface area contributed by atoms with E-state index in [-0.39, 0.29) is 0 Å². The zero-order valence-corrected chi connectivity index (χ0v) is 8.62. The molecular weight excluding hydrogens is 208 g/mol. The van der Waals surface area contributed by atoms with Crippen LogP contribution < -0.4 is 11.2 Å². The number of nitrogens with zero attached hydrogens (tertiary/aromatic N) is 2. The maximum absolute atomic E-state index is 11.8. The average Bonchev–Trinajstić information content (AvgIpc) is 2.28. The van der Waals surface area contributed by atoms with Gasteiger partial charge in [0.25, 0.3) is 0 Å². The lowest BCUT2D eigenvalue weighted by Crippen LogP contribution is -2.36. The van der Waals surface area contributed by atoms with E-state index in [0.29, 0.717) is 5.69 Å². The van der Waals surface area contributed by atoms with Gasteiger partial charge in [-0.2, -0.15) is 0 Å². The van der Waals surface area contributed by atoms with E-state index in [9.17, 15) is 14.7 Å². The van der Waals surface area contributed by atoms with E-state index in [2.05, 4.69) is 0 Å². The molecule has 16 heavy (non-hydrogen) atoms. The fourth-order valence-corrected chi connectivity index (χ4v) is 1.46. The van der Waals surface area contributed by atoms with E-state index in [1.54, 1.807) is 30.3 Å². The zero-order chi connectivity index (χ0) is 11.7. The Morgan fingerprint density at radius 3 is 2.38 bits per heavy atom. The molecule has 1 N–H and O–H groups in total. The van der Waals surface area contributed by atoms with E-state index >= 15 is 0 Å². The molecule has 0 aliphatic carbocycles. The number of aryl methyl sites for hydroxylation is 1. The largest absolute Gasteiger partial charge is 0.502 e. The number of hydrogen-bond acceptors (Lipinski definition) is 3. The Labute approximate surface area is 90.8 Å². The van der Waals surface area contributed by atoms with Crippen LogP contribution in [-0.2, 0) is 7.05 Å². The molecule has 5 nitrogen and oxygen atoms in total. The van der Waals surface area contributed by atoms with Crippen LogP contribution in [0.2, 0.25) is 0 Å². The monoisotopic (exact) mass is 218 g/mol. The van der Waals surface area contributed by atoms with Gasteiger partial charge in [0.2, 0.25) is 0 Å². The van der Waals surface area contributed by atoms with E-state index in [0.717, 1.165) is 15.3 Å². The highest BCUT2D eigenvalue weighted by Crippen LogP contribution is 2.03. The van der Waals surface area contributed by atoms with Crippen molar-refractivity contribution in [1.82, 2.24) is 9.13 Å². The molecule has 0 amide bonds. The molecule has 2 aromatic rings. The predicted molar refractivity (Wildman–Crippen MR) is 58.9 cm³/mol. The molecule has 0 saturated heterocycles. The van der Waals surface area contributed by atoms with Crippen LogP contribution in [0.3, 0.4) is 0 Å². The summed E-state index contributed by atoms with van der Waals surface area (Å²) in [5.74, 6) is -0.453. The van der Waals surface area contributed by atoms with Crippen LogP contribution in [0.5, 0.6) is 5.75 Å². The third-order valence-corrected chi connectivity index (χ3v) is 2.25. The maximum atomic E-state index is 11.8. The van der Waals surface area contributed by atoms with Gasteiger partial charge < -0.3 is 5.11 Å². The minimum Gasteiger partial charge on any atom is -0.502 e. The standard InChI is InChI=1S/C11H10N2O3/c1-12-7-9(14)10(15)13(11(12)16)8-5-3-2-4-6-8/h2-7,14H,1H3. The second-order valence-electron chi connectivity index (χ2n) is 3.38. The molecule has 0 bridgehead atoms. The van der Waals surface area contributed by atoms with Gasteiger partial charge in [0.1, 0.15) is 0 Å². The molecular formula is C11H10N2O3. The average molecular weight is 218 g/mol. The summed E-state index contributed by atoms with van der Waals surface area (Å²) in [6.45, 7) is 0. The highest BCUT2D eigenvalue weighted by Gasteiger charge is 2.09. The van der Waals surface area contributed by atoms with Gasteiger partial charge in [-0.3, -0.25) is 9.36 Å². The highest BCUT2D eigenvalue weighted by atomic mass is 16.3. The van der Waals surface area contributed by atoms with Crippen LogP contribution >= 0.6 is 0 Å². The van der Waals surface area contributed by atoms with Crippen LogP contribution in [0.25, 0.3) is 5.69 Å². The number of aromatic nitrogens is 2. The van der Waals surface area contributed by atoms with E-state index in [1.807, 2.05) is 0 Å². The first-order chi connectivity index (χ1) is 7.61. The summed E-state index contributed by atoms with van der Waals surface area (Å²) in [5.41, 5.74) is -0.771. The molecule has 0 radical (unpaired) electrons. The second-order valence-corrected chi connectivity index (χ2v) is 3.38. The van der Waals surface area contributed by atoms with E-state index < -0.39 is 17.0 Å². The summed E-state index contributed by atoms with van der Waals surface area (Å²) in [4.78, 5) is 23.4. The number of para-hydroxylation sites is 1. The van der Waals surface area contributed by atoms with Crippen LogP contribution in [0, 0.1) is 0 Å². The summed E-state index contributed by atoms with van der Waals surface area (Å²) >= 11 is 0. The highest BCUT2D eigenvalue weighted by molar-refractivity contribution is 5.32.